The van der Waals surface area contributed by atoms with Crippen LogP contribution in [0.15, 0.2) is 42.5 Å². The maximum absolute atomic E-state index is 5.85. The van der Waals surface area contributed by atoms with Crippen molar-refractivity contribution < 1.29 is 0 Å². The van der Waals surface area contributed by atoms with Crippen LogP contribution in [0.25, 0.3) is 11.0 Å². The number of fused-ring (bicyclic) bond motifs is 1. The minimum absolute atomic E-state index is 0.662. The monoisotopic (exact) mass is 271 g/mol. The topological polar surface area (TPSA) is 40.7 Å². The number of aromatic amines is 1. The first-order valence-corrected chi connectivity index (χ1v) is 6.54. The number of benzene rings is 2. The summed E-state index contributed by atoms with van der Waals surface area (Å²) in [6.45, 7) is 2.73. The Morgan fingerprint density at radius 1 is 1.16 bits per heavy atom. The molecule has 2 aromatic carbocycles. The van der Waals surface area contributed by atoms with Gasteiger partial charge in [0.15, 0.2) is 0 Å². The van der Waals surface area contributed by atoms with E-state index in [-0.39, 0.29) is 0 Å². The van der Waals surface area contributed by atoms with Gasteiger partial charge in [0.05, 0.1) is 17.6 Å². The molecule has 0 spiro atoms. The van der Waals surface area contributed by atoms with Crippen LogP contribution in [-0.2, 0) is 6.54 Å². The summed E-state index contributed by atoms with van der Waals surface area (Å²) in [5.41, 5.74) is 4.33. The molecule has 3 aromatic rings. The zero-order valence-corrected chi connectivity index (χ0v) is 11.3. The molecule has 96 valence electrons. The summed E-state index contributed by atoms with van der Waals surface area (Å²) in [6.07, 6.45) is 0. The highest BCUT2D eigenvalue weighted by Gasteiger charge is 2.04. The van der Waals surface area contributed by atoms with Crippen LogP contribution in [0.4, 0.5) is 5.69 Å². The maximum atomic E-state index is 5.85. The van der Waals surface area contributed by atoms with E-state index in [9.17, 15) is 0 Å². The first-order valence-electron chi connectivity index (χ1n) is 6.16. The second kappa shape index (κ2) is 4.94. The predicted octanol–water partition coefficient (Wildman–Crippen LogP) is 4.14. The number of H-pyrrole nitrogens is 1. The summed E-state index contributed by atoms with van der Waals surface area (Å²) < 4.78 is 0. The highest BCUT2D eigenvalue weighted by Crippen LogP contribution is 2.17. The zero-order valence-electron chi connectivity index (χ0n) is 10.6. The van der Waals surface area contributed by atoms with Crippen molar-refractivity contribution in [2.75, 3.05) is 5.32 Å². The second-order valence-electron chi connectivity index (χ2n) is 4.52. The van der Waals surface area contributed by atoms with E-state index in [1.165, 1.54) is 5.56 Å². The molecule has 0 radical (unpaired) electrons. The number of anilines is 1. The molecule has 1 heterocycles. The Morgan fingerprint density at radius 2 is 1.95 bits per heavy atom. The van der Waals surface area contributed by atoms with Gasteiger partial charge >= 0.3 is 0 Å². The lowest BCUT2D eigenvalue weighted by Crippen LogP contribution is -2.00. The van der Waals surface area contributed by atoms with E-state index in [1.807, 2.05) is 36.4 Å². The van der Waals surface area contributed by atoms with Gasteiger partial charge in [-0.15, -0.1) is 0 Å². The van der Waals surface area contributed by atoms with Crippen LogP contribution in [0.5, 0.6) is 0 Å². The average molecular weight is 272 g/mol. The lowest BCUT2D eigenvalue weighted by molar-refractivity contribution is 1.01. The smallest absolute Gasteiger partial charge is 0.126 e. The molecule has 0 fully saturated rings. The van der Waals surface area contributed by atoms with Crippen molar-refractivity contribution >= 4 is 28.3 Å². The fourth-order valence-electron chi connectivity index (χ4n) is 2.06. The molecule has 0 saturated carbocycles. The minimum atomic E-state index is 0.662. The van der Waals surface area contributed by atoms with Crippen molar-refractivity contribution in [1.82, 2.24) is 9.97 Å². The third-order valence-corrected chi connectivity index (χ3v) is 3.32. The minimum Gasteiger partial charge on any atom is -0.378 e. The molecule has 1 aromatic heterocycles. The van der Waals surface area contributed by atoms with Crippen LogP contribution >= 0.6 is 11.6 Å². The standard InChI is InChI=1S/C15H14ClN3/c1-10-3-2-4-13-15(10)19-14(18-13)9-17-12-7-5-11(16)6-8-12/h2-8,17H,9H2,1H3,(H,18,19). The van der Waals surface area contributed by atoms with E-state index in [2.05, 4.69) is 28.3 Å². The Morgan fingerprint density at radius 3 is 2.68 bits per heavy atom. The number of nitrogens with zero attached hydrogens (tertiary/aromatic N) is 1. The van der Waals surface area contributed by atoms with Gasteiger partial charge in [-0.05, 0) is 42.8 Å². The van der Waals surface area contributed by atoms with Gasteiger partial charge in [-0.1, -0.05) is 23.7 Å². The van der Waals surface area contributed by atoms with Gasteiger partial charge in [0, 0.05) is 10.7 Å². The van der Waals surface area contributed by atoms with Crippen LogP contribution in [-0.4, -0.2) is 9.97 Å². The van der Waals surface area contributed by atoms with Gasteiger partial charge in [-0.2, -0.15) is 0 Å². The number of aryl methyl sites for hydroxylation is 1. The van der Waals surface area contributed by atoms with E-state index in [0.29, 0.717) is 6.54 Å². The van der Waals surface area contributed by atoms with Crippen molar-refractivity contribution in [2.24, 2.45) is 0 Å². The van der Waals surface area contributed by atoms with Crippen molar-refractivity contribution in [3.63, 3.8) is 0 Å². The molecule has 0 aliphatic carbocycles. The Hall–Kier alpha value is -2.00. The summed E-state index contributed by atoms with van der Waals surface area (Å²) >= 11 is 5.85. The van der Waals surface area contributed by atoms with Crippen LogP contribution in [0.1, 0.15) is 11.4 Å². The largest absolute Gasteiger partial charge is 0.378 e. The Labute approximate surface area is 116 Å². The lowest BCUT2D eigenvalue weighted by atomic mass is 10.2. The van der Waals surface area contributed by atoms with Gasteiger partial charge in [0.1, 0.15) is 5.82 Å². The molecule has 0 amide bonds. The molecule has 0 aliphatic rings. The van der Waals surface area contributed by atoms with Crippen molar-refractivity contribution in [3.05, 3.63) is 58.9 Å². The molecule has 0 atom stereocenters. The van der Waals surface area contributed by atoms with E-state index in [4.69, 9.17) is 11.6 Å². The van der Waals surface area contributed by atoms with Gasteiger partial charge < -0.3 is 10.3 Å². The molecule has 3 nitrogen and oxygen atoms in total. The van der Waals surface area contributed by atoms with Crippen molar-refractivity contribution in [2.45, 2.75) is 13.5 Å². The van der Waals surface area contributed by atoms with E-state index in [0.717, 1.165) is 27.6 Å². The van der Waals surface area contributed by atoms with Crippen LogP contribution < -0.4 is 5.32 Å². The number of rotatable bonds is 3. The molecule has 0 saturated heterocycles. The number of nitrogens with one attached hydrogen (secondary N) is 2. The summed E-state index contributed by atoms with van der Waals surface area (Å²) in [5.74, 6) is 0.930. The number of hydrogen-bond acceptors (Lipinski definition) is 2. The quantitative estimate of drug-likeness (QED) is 0.752. The molecular weight excluding hydrogens is 258 g/mol. The van der Waals surface area contributed by atoms with Gasteiger partial charge in [0.2, 0.25) is 0 Å². The summed E-state index contributed by atoms with van der Waals surface area (Å²) in [7, 11) is 0. The number of imidazole rings is 1. The van der Waals surface area contributed by atoms with Gasteiger partial charge in [0.25, 0.3) is 0 Å². The first kappa shape index (κ1) is 12.1. The van der Waals surface area contributed by atoms with Crippen molar-refractivity contribution in [3.8, 4) is 0 Å². The van der Waals surface area contributed by atoms with E-state index >= 15 is 0 Å². The maximum Gasteiger partial charge on any atom is 0.126 e. The fraction of sp³-hybridized carbons (Fsp3) is 0.133. The lowest BCUT2D eigenvalue weighted by Gasteiger charge is -2.03. The number of halogens is 1. The highest BCUT2D eigenvalue weighted by molar-refractivity contribution is 6.30. The third-order valence-electron chi connectivity index (χ3n) is 3.07. The van der Waals surface area contributed by atoms with E-state index in [1.54, 1.807) is 0 Å². The molecular formula is C15H14ClN3. The summed E-state index contributed by atoms with van der Waals surface area (Å²) in [4.78, 5) is 7.92. The average Bonchev–Trinajstić information content (AvgIpc) is 2.83. The van der Waals surface area contributed by atoms with Crippen LogP contribution in [0.3, 0.4) is 0 Å². The Kier molecular flexibility index (Phi) is 3.13. The number of hydrogen-bond donors (Lipinski definition) is 2. The fourth-order valence-corrected chi connectivity index (χ4v) is 2.19. The summed E-state index contributed by atoms with van der Waals surface area (Å²) in [5, 5.41) is 4.06. The van der Waals surface area contributed by atoms with Crippen LogP contribution in [0.2, 0.25) is 5.02 Å². The van der Waals surface area contributed by atoms with Crippen LogP contribution in [0, 0.1) is 6.92 Å². The van der Waals surface area contributed by atoms with Gasteiger partial charge in [-0.3, -0.25) is 0 Å². The normalized spacial score (nSPS) is 10.8. The number of aromatic nitrogens is 2. The zero-order chi connectivity index (χ0) is 13.2. The van der Waals surface area contributed by atoms with Crippen molar-refractivity contribution in [1.29, 1.82) is 0 Å². The Balaban J connectivity index is 1.78. The molecule has 0 unspecified atom stereocenters. The molecule has 3 rings (SSSR count). The molecule has 0 bridgehead atoms. The summed E-state index contributed by atoms with van der Waals surface area (Å²) in [6, 6.07) is 13.8. The Bertz CT molecular complexity index is 701. The first-order chi connectivity index (χ1) is 9.22. The predicted molar refractivity (Wildman–Crippen MR) is 79.6 cm³/mol. The third kappa shape index (κ3) is 2.56. The molecule has 19 heavy (non-hydrogen) atoms. The SMILES string of the molecule is Cc1cccc2[nH]c(CNc3ccc(Cl)cc3)nc12. The molecule has 0 aliphatic heterocycles. The van der Waals surface area contributed by atoms with Gasteiger partial charge in [-0.25, -0.2) is 4.98 Å². The number of para-hydroxylation sites is 1. The molecule has 4 heteroatoms. The second-order valence-corrected chi connectivity index (χ2v) is 4.95. The molecule has 2 N–H and O–H groups in total. The highest BCUT2D eigenvalue weighted by atomic mass is 35.5. The van der Waals surface area contributed by atoms with E-state index < -0.39 is 0 Å².